The summed E-state index contributed by atoms with van der Waals surface area (Å²) in [7, 11) is 0. The van der Waals surface area contributed by atoms with Crippen LogP contribution in [0.25, 0.3) is 0 Å². The molecule has 0 radical (unpaired) electrons. The zero-order chi connectivity index (χ0) is 6.91. The normalized spacial score (nSPS) is 11.9. The third-order valence-electron chi connectivity index (χ3n) is 1.06. The Kier molecular flexibility index (Phi) is 1.23. The molecule has 1 aromatic rings. The summed E-state index contributed by atoms with van der Waals surface area (Å²) in [5.74, 6) is 0.822. The van der Waals surface area contributed by atoms with E-state index in [-0.39, 0.29) is 5.41 Å². The van der Waals surface area contributed by atoms with Gasteiger partial charge in [0, 0.05) is 5.41 Å². The highest BCUT2D eigenvalue weighted by atomic mass is 15.5. The lowest BCUT2D eigenvalue weighted by Gasteiger charge is -2.11. The first-order valence-corrected chi connectivity index (χ1v) is 2.85. The van der Waals surface area contributed by atoms with Crippen LogP contribution in [0.15, 0.2) is 0 Å². The van der Waals surface area contributed by atoms with Gasteiger partial charge in [-0.1, -0.05) is 20.8 Å². The fraction of sp³-hybridized carbons (Fsp3) is 0.800. The van der Waals surface area contributed by atoms with Crippen LogP contribution >= 0.6 is 0 Å². The van der Waals surface area contributed by atoms with Gasteiger partial charge in [-0.15, -0.1) is 5.10 Å². The Morgan fingerprint density at radius 2 is 2.00 bits per heavy atom. The molecule has 0 bridgehead atoms. The first-order chi connectivity index (χ1) is 4.11. The molecule has 4 nitrogen and oxygen atoms in total. The molecule has 9 heavy (non-hydrogen) atoms. The topological polar surface area (TPSA) is 54.5 Å². The van der Waals surface area contributed by atoms with Crippen LogP contribution in [0.1, 0.15) is 26.6 Å². The van der Waals surface area contributed by atoms with Crippen molar-refractivity contribution in [2.75, 3.05) is 0 Å². The van der Waals surface area contributed by atoms with Gasteiger partial charge in [-0.25, -0.2) is 5.10 Å². The lowest BCUT2D eigenvalue weighted by molar-refractivity contribution is 0.546. The Labute approximate surface area is 53.7 Å². The van der Waals surface area contributed by atoms with E-state index in [1.54, 1.807) is 0 Å². The van der Waals surface area contributed by atoms with Gasteiger partial charge in [0.25, 0.3) is 0 Å². The average Bonchev–Trinajstić information content (AvgIpc) is 2.08. The number of nitrogens with zero attached hydrogens (tertiary/aromatic N) is 3. The molecule has 0 aromatic carbocycles. The summed E-state index contributed by atoms with van der Waals surface area (Å²) < 4.78 is 0. The highest BCUT2D eigenvalue weighted by Crippen LogP contribution is 2.14. The van der Waals surface area contributed by atoms with Gasteiger partial charge in [0.2, 0.25) is 0 Å². The molecular weight excluding hydrogens is 116 g/mol. The predicted molar refractivity (Wildman–Crippen MR) is 32.9 cm³/mol. The van der Waals surface area contributed by atoms with Crippen molar-refractivity contribution in [3.8, 4) is 0 Å². The van der Waals surface area contributed by atoms with E-state index in [2.05, 4.69) is 41.4 Å². The molecule has 0 amide bonds. The molecule has 1 heterocycles. The maximum absolute atomic E-state index is 3.77. The van der Waals surface area contributed by atoms with Crippen LogP contribution < -0.4 is 0 Å². The van der Waals surface area contributed by atoms with Crippen LogP contribution in [0, 0.1) is 0 Å². The minimum absolute atomic E-state index is 0.0312. The molecule has 0 saturated carbocycles. The summed E-state index contributed by atoms with van der Waals surface area (Å²) in [5, 5.41) is 13.4. The van der Waals surface area contributed by atoms with E-state index in [0.717, 1.165) is 5.82 Å². The van der Waals surface area contributed by atoms with Crippen molar-refractivity contribution < 1.29 is 0 Å². The Hall–Kier alpha value is -0.930. The monoisotopic (exact) mass is 126 g/mol. The lowest BCUT2D eigenvalue weighted by Crippen LogP contribution is -2.13. The van der Waals surface area contributed by atoms with E-state index in [9.17, 15) is 0 Å². The third kappa shape index (κ3) is 1.25. The predicted octanol–water partition coefficient (Wildman–Crippen LogP) is 0.497. The molecule has 1 rings (SSSR count). The van der Waals surface area contributed by atoms with Crippen LogP contribution in [-0.2, 0) is 5.41 Å². The summed E-state index contributed by atoms with van der Waals surface area (Å²) in [6, 6.07) is 0. The van der Waals surface area contributed by atoms with Crippen molar-refractivity contribution in [2.24, 2.45) is 0 Å². The van der Waals surface area contributed by atoms with Crippen LogP contribution in [0.5, 0.6) is 0 Å². The first kappa shape index (κ1) is 6.19. The summed E-state index contributed by atoms with van der Waals surface area (Å²) >= 11 is 0. The SMILES string of the molecule is CC(C)(C)c1nnn[nH]1. The van der Waals surface area contributed by atoms with E-state index in [1.807, 2.05) is 0 Å². The molecule has 0 atom stereocenters. The van der Waals surface area contributed by atoms with E-state index in [4.69, 9.17) is 0 Å². The number of aromatic nitrogens is 4. The molecule has 0 spiro atoms. The van der Waals surface area contributed by atoms with Crippen molar-refractivity contribution in [2.45, 2.75) is 26.2 Å². The fourth-order valence-corrected chi connectivity index (χ4v) is 0.477. The van der Waals surface area contributed by atoms with Crippen LogP contribution in [0.3, 0.4) is 0 Å². The van der Waals surface area contributed by atoms with E-state index in [1.165, 1.54) is 0 Å². The molecule has 0 aliphatic rings. The number of hydrogen-bond acceptors (Lipinski definition) is 3. The molecule has 1 aromatic heterocycles. The van der Waals surface area contributed by atoms with Crippen LogP contribution in [0.2, 0.25) is 0 Å². The molecule has 0 aliphatic heterocycles. The second kappa shape index (κ2) is 1.79. The van der Waals surface area contributed by atoms with E-state index >= 15 is 0 Å². The second-order valence-corrected chi connectivity index (χ2v) is 3.00. The first-order valence-electron chi connectivity index (χ1n) is 2.85. The fourth-order valence-electron chi connectivity index (χ4n) is 0.477. The molecule has 0 fully saturated rings. The van der Waals surface area contributed by atoms with Crippen molar-refractivity contribution >= 4 is 0 Å². The Morgan fingerprint density at radius 3 is 2.22 bits per heavy atom. The number of aromatic amines is 1. The van der Waals surface area contributed by atoms with Crippen molar-refractivity contribution in [3.05, 3.63) is 5.82 Å². The van der Waals surface area contributed by atoms with Gasteiger partial charge < -0.3 is 0 Å². The molecule has 0 aliphatic carbocycles. The van der Waals surface area contributed by atoms with Gasteiger partial charge in [0.05, 0.1) is 0 Å². The third-order valence-corrected chi connectivity index (χ3v) is 1.06. The minimum Gasteiger partial charge on any atom is -0.242 e. The summed E-state index contributed by atoms with van der Waals surface area (Å²) in [5.41, 5.74) is 0.0312. The number of nitrogens with one attached hydrogen (secondary N) is 1. The van der Waals surface area contributed by atoms with Crippen molar-refractivity contribution in [3.63, 3.8) is 0 Å². The lowest BCUT2D eigenvalue weighted by atomic mass is 9.96. The molecular formula is C5H10N4. The molecule has 0 saturated heterocycles. The summed E-state index contributed by atoms with van der Waals surface area (Å²) in [4.78, 5) is 0. The van der Waals surface area contributed by atoms with Gasteiger partial charge in [0.15, 0.2) is 5.82 Å². The average molecular weight is 126 g/mol. The Bertz CT molecular complexity index is 171. The largest absolute Gasteiger partial charge is 0.242 e. The molecule has 4 heteroatoms. The summed E-state index contributed by atoms with van der Waals surface area (Å²) in [6.45, 7) is 6.15. The number of tetrazole rings is 1. The minimum atomic E-state index is 0.0312. The standard InChI is InChI=1S/C5H10N4/c1-5(2,3)4-6-8-9-7-4/h1-3H3,(H,6,7,8,9). The van der Waals surface area contributed by atoms with Crippen molar-refractivity contribution in [1.29, 1.82) is 0 Å². The zero-order valence-corrected chi connectivity index (χ0v) is 5.84. The van der Waals surface area contributed by atoms with Gasteiger partial charge in [-0.2, -0.15) is 0 Å². The van der Waals surface area contributed by atoms with Gasteiger partial charge in [-0.3, -0.25) is 0 Å². The highest BCUT2D eigenvalue weighted by molar-refractivity contribution is 4.95. The smallest absolute Gasteiger partial charge is 0.153 e. The van der Waals surface area contributed by atoms with Gasteiger partial charge >= 0.3 is 0 Å². The Balaban J connectivity index is 2.90. The number of H-pyrrole nitrogens is 1. The summed E-state index contributed by atoms with van der Waals surface area (Å²) in [6.07, 6.45) is 0. The zero-order valence-electron chi connectivity index (χ0n) is 5.84. The quantitative estimate of drug-likeness (QED) is 0.550. The Morgan fingerprint density at radius 1 is 1.33 bits per heavy atom. The molecule has 50 valence electrons. The molecule has 1 N–H and O–H groups in total. The number of hydrogen-bond donors (Lipinski definition) is 1. The number of rotatable bonds is 0. The maximum Gasteiger partial charge on any atom is 0.153 e. The van der Waals surface area contributed by atoms with E-state index < -0.39 is 0 Å². The van der Waals surface area contributed by atoms with Gasteiger partial charge in [0.1, 0.15) is 0 Å². The molecule has 0 unspecified atom stereocenters. The van der Waals surface area contributed by atoms with E-state index in [0.29, 0.717) is 0 Å². The van der Waals surface area contributed by atoms with Crippen LogP contribution in [-0.4, -0.2) is 20.6 Å². The highest BCUT2D eigenvalue weighted by Gasteiger charge is 2.16. The van der Waals surface area contributed by atoms with Crippen LogP contribution in [0.4, 0.5) is 0 Å². The van der Waals surface area contributed by atoms with Gasteiger partial charge in [-0.05, 0) is 10.4 Å². The second-order valence-electron chi connectivity index (χ2n) is 3.00. The maximum atomic E-state index is 3.77. The van der Waals surface area contributed by atoms with Crippen molar-refractivity contribution in [1.82, 2.24) is 20.6 Å².